The number of benzene rings is 1. The average Bonchev–Trinajstić information content (AvgIpc) is 2.31. The van der Waals surface area contributed by atoms with Crippen LogP contribution < -0.4 is 5.73 Å². The molecule has 2 N–H and O–H groups in total. The summed E-state index contributed by atoms with van der Waals surface area (Å²) in [5, 5.41) is 11.1. The van der Waals surface area contributed by atoms with Gasteiger partial charge in [0.1, 0.15) is 0 Å². The second-order valence-corrected chi connectivity index (χ2v) is 4.33. The lowest BCUT2D eigenvalue weighted by Gasteiger charge is -2.09. The summed E-state index contributed by atoms with van der Waals surface area (Å²) in [6.07, 6.45) is 1.45. The third kappa shape index (κ3) is 2.34. The number of halogens is 2. The van der Waals surface area contributed by atoms with Gasteiger partial charge in [0.05, 0.1) is 21.9 Å². The van der Waals surface area contributed by atoms with Gasteiger partial charge in [0.25, 0.3) is 0 Å². The molecule has 0 aliphatic rings. The maximum atomic E-state index is 13.7. The van der Waals surface area contributed by atoms with Gasteiger partial charge in [-0.3, -0.25) is 15.1 Å². The molecule has 0 radical (unpaired) electrons. The molecule has 7 heteroatoms. The van der Waals surface area contributed by atoms with Crippen LogP contribution in [-0.2, 0) is 0 Å². The van der Waals surface area contributed by atoms with Crippen molar-refractivity contribution in [3.05, 3.63) is 51.0 Å². The number of nitrogens with zero attached hydrogens (tertiary/aromatic N) is 2. The first kappa shape index (κ1) is 13.2. The molecule has 0 bridgehead atoms. The topological polar surface area (TPSA) is 82.0 Å². The summed E-state index contributed by atoms with van der Waals surface area (Å²) in [5.41, 5.74) is 6.32. The Hall–Kier alpha value is -2.21. The Morgan fingerprint density at radius 3 is 2.74 bits per heavy atom. The zero-order chi connectivity index (χ0) is 14.2. The first-order chi connectivity index (χ1) is 8.91. The number of aromatic nitrogens is 1. The van der Waals surface area contributed by atoms with Crippen LogP contribution in [0.2, 0.25) is 5.02 Å². The van der Waals surface area contributed by atoms with Gasteiger partial charge in [-0.15, -0.1) is 0 Å². The van der Waals surface area contributed by atoms with Crippen molar-refractivity contribution in [3.63, 3.8) is 0 Å². The first-order valence-electron chi connectivity index (χ1n) is 5.26. The van der Waals surface area contributed by atoms with Gasteiger partial charge in [-0.05, 0) is 25.1 Å². The van der Waals surface area contributed by atoms with Crippen molar-refractivity contribution in [1.29, 1.82) is 0 Å². The number of rotatable bonds is 2. The van der Waals surface area contributed by atoms with E-state index in [1.165, 1.54) is 18.3 Å². The summed E-state index contributed by atoms with van der Waals surface area (Å²) in [5.74, 6) is -0.999. The lowest BCUT2D eigenvalue weighted by atomic mass is 10.0. The number of aryl methyl sites for hydroxylation is 1. The largest absolute Gasteiger partial charge is 0.397 e. The van der Waals surface area contributed by atoms with Crippen molar-refractivity contribution in [3.8, 4) is 11.1 Å². The van der Waals surface area contributed by atoms with Crippen molar-refractivity contribution in [1.82, 2.24) is 4.98 Å². The van der Waals surface area contributed by atoms with E-state index in [2.05, 4.69) is 4.98 Å². The van der Waals surface area contributed by atoms with Crippen LogP contribution in [0.15, 0.2) is 24.4 Å². The normalized spacial score (nSPS) is 10.5. The number of pyridine rings is 1. The molecule has 0 aliphatic heterocycles. The third-order valence-corrected chi connectivity index (χ3v) is 2.91. The molecule has 0 amide bonds. The SMILES string of the molecule is Cc1nccc(-c2cc(Cl)cc(F)c2[N+](=O)[O-])c1N. The molecule has 2 rings (SSSR count). The Morgan fingerprint density at radius 2 is 2.11 bits per heavy atom. The monoisotopic (exact) mass is 281 g/mol. The Labute approximate surface area is 113 Å². The second-order valence-electron chi connectivity index (χ2n) is 3.90. The minimum absolute atomic E-state index is 0.0398. The fraction of sp³-hybridized carbons (Fsp3) is 0.0833. The Bertz CT molecular complexity index is 676. The van der Waals surface area contributed by atoms with Crippen LogP contribution in [0.4, 0.5) is 15.8 Å². The van der Waals surface area contributed by atoms with Crippen LogP contribution in [0, 0.1) is 22.9 Å². The molecule has 0 saturated carbocycles. The predicted octanol–water partition coefficient (Wildman–Crippen LogP) is 3.34. The van der Waals surface area contributed by atoms with E-state index in [1.54, 1.807) is 6.92 Å². The van der Waals surface area contributed by atoms with E-state index in [9.17, 15) is 14.5 Å². The van der Waals surface area contributed by atoms with Gasteiger partial charge in [-0.2, -0.15) is 4.39 Å². The molecule has 5 nitrogen and oxygen atoms in total. The van der Waals surface area contributed by atoms with E-state index in [0.29, 0.717) is 11.3 Å². The number of nitrogens with two attached hydrogens (primary N) is 1. The number of hydrogen-bond donors (Lipinski definition) is 1. The summed E-state index contributed by atoms with van der Waals surface area (Å²) < 4.78 is 13.7. The van der Waals surface area contributed by atoms with Crippen LogP contribution in [0.1, 0.15) is 5.69 Å². The van der Waals surface area contributed by atoms with Crippen molar-refractivity contribution in [2.24, 2.45) is 0 Å². The van der Waals surface area contributed by atoms with Gasteiger partial charge in [0, 0.05) is 16.8 Å². The Kier molecular flexibility index (Phi) is 3.35. The minimum Gasteiger partial charge on any atom is -0.397 e. The van der Waals surface area contributed by atoms with Gasteiger partial charge in [0.2, 0.25) is 5.82 Å². The van der Waals surface area contributed by atoms with Gasteiger partial charge in [0.15, 0.2) is 0 Å². The standard InChI is InChI=1S/C12H9ClFN3O2/c1-6-11(15)8(2-3-16-6)9-4-7(13)5-10(14)12(9)17(18)19/h2-5H,15H2,1H3. The number of nitrogen functional groups attached to an aromatic ring is 1. The van der Waals surface area contributed by atoms with E-state index >= 15 is 0 Å². The zero-order valence-electron chi connectivity index (χ0n) is 9.85. The number of nitro groups is 1. The number of anilines is 1. The van der Waals surface area contributed by atoms with Crippen molar-refractivity contribution < 1.29 is 9.31 Å². The summed E-state index contributed by atoms with van der Waals surface area (Å²) >= 11 is 5.75. The van der Waals surface area contributed by atoms with Gasteiger partial charge < -0.3 is 5.73 Å². The summed E-state index contributed by atoms with van der Waals surface area (Å²) in [6, 6.07) is 3.70. The average molecular weight is 282 g/mol. The molecular formula is C12H9ClFN3O2. The highest BCUT2D eigenvalue weighted by atomic mass is 35.5. The molecule has 1 aromatic heterocycles. The molecule has 0 unspecified atom stereocenters. The highest BCUT2D eigenvalue weighted by Crippen LogP contribution is 2.37. The molecule has 2 aromatic rings. The van der Waals surface area contributed by atoms with Crippen LogP contribution >= 0.6 is 11.6 Å². The van der Waals surface area contributed by atoms with E-state index in [-0.39, 0.29) is 16.3 Å². The molecule has 0 aliphatic carbocycles. The third-order valence-electron chi connectivity index (χ3n) is 2.69. The first-order valence-corrected chi connectivity index (χ1v) is 5.64. The Morgan fingerprint density at radius 1 is 1.42 bits per heavy atom. The van der Waals surface area contributed by atoms with Crippen molar-refractivity contribution >= 4 is 23.0 Å². The van der Waals surface area contributed by atoms with E-state index in [4.69, 9.17) is 17.3 Å². The van der Waals surface area contributed by atoms with Crippen LogP contribution in [0.5, 0.6) is 0 Å². The zero-order valence-corrected chi connectivity index (χ0v) is 10.6. The molecule has 1 heterocycles. The highest BCUT2D eigenvalue weighted by molar-refractivity contribution is 6.31. The van der Waals surface area contributed by atoms with E-state index in [1.807, 2.05) is 0 Å². The molecule has 98 valence electrons. The lowest BCUT2D eigenvalue weighted by Crippen LogP contribution is -2.00. The predicted molar refractivity (Wildman–Crippen MR) is 70.4 cm³/mol. The highest BCUT2D eigenvalue weighted by Gasteiger charge is 2.24. The smallest absolute Gasteiger partial charge is 0.312 e. The van der Waals surface area contributed by atoms with E-state index in [0.717, 1.165) is 6.07 Å². The molecule has 0 saturated heterocycles. The van der Waals surface area contributed by atoms with Crippen molar-refractivity contribution in [2.45, 2.75) is 6.92 Å². The maximum absolute atomic E-state index is 13.7. The summed E-state index contributed by atoms with van der Waals surface area (Å²) in [4.78, 5) is 14.2. The van der Waals surface area contributed by atoms with Crippen molar-refractivity contribution in [2.75, 3.05) is 5.73 Å². The molecular weight excluding hydrogens is 273 g/mol. The molecule has 1 aromatic carbocycles. The number of hydrogen-bond acceptors (Lipinski definition) is 4. The number of nitro benzene ring substituents is 1. The minimum atomic E-state index is -0.999. The van der Waals surface area contributed by atoms with Crippen LogP contribution in [-0.4, -0.2) is 9.91 Å². The maximum Gasteiger partial charge on any atom is 0.312 e. The summed E-state index contributed by atoms with van der Waals surface area (Å²) in [6.45, 7) is 1.66. The van der Waals surface area contributed by atoms with Crippen LogP contribution in [0.25, 0.3) is 11.1 Å². The fourth-order valence-corrected chi connectivity index (χ4v) is 1.97. The summed E-state index contributed by atoms with van der Waals surface area (Å²) in [7, 11) is 0. The van der Waals surface area contributed by atoms with Gasteiger partial charge >= 0.3 is 5.69 Å². The lowest BCUT2D eigenvalue weighted by molar-refractivity contribution is -0.386. The van der Waals surface area contributed by atoms with E-state index < -0.39 is 16.4 Å². The molecule has 19 heavy (non-hydrogen) atoms. The molecule has 0 fully saturated rings. The van der Waals surface area contributed by atoms with Gasteiger partial charge in [-0.1, -0.05) is 11.6 Å². The Balaban J connectivity index is 2.81. The molecule has 0 spiro atoms. The van der Waals surface area contributed by atoms with Crippen LogP contribution in [0.3, 0.4) is 0 Å². The second kappa shape index (κ2) is 4.81. The quantitative estimate of drug-likeness (QED) is 0.676. The molecule has 0 atom stereocenters. The van der Waals surface area contributed by atoms with Gasteiger partial charge in [-0.25, -0.2) is 0 Å². The fourth-order valence-electron chi connectivity index (χ4n) is 1.77.